The third-order valence-electron chi connectivity index (χ3n) is 1.45. The Labute approximate surface area is 98.4 Å². The second-order valence-corrected chi connectivity index (χ2v) is 4.58. The van der Waals surface area contributed by atoms with Gasteiger partial charge in [-0.3, -0.25) is 5.32 Å². The van der Waals surface area contributed by atoms with Crippen LogP contribution in [-0.2, 0) is 4.74 Å². The number of amides is 1. The molecule has 0 aliphatic heterocycles. The Balaban J connectivity index is 2.70. The van der Waals surface area contributed by atoms with Crippen LogP contribution in [0.3, 0.4) is 0 Å². The lowest BCUT2D eigenvalue weighted by atomic mass is 10.2. The zero-order valence-electron chi connectivity index (χ0n) is 9.24. The highest BCUT2D eigenvalue weighted by molar-refractivity contribution is 6.30. The van der Waals surface area contributed by atoms with Gasteiger partial charge in [0.2, 0.25) is 0 Å². The van der Waals surface area contributed by atoms with Crippen LogP contribution in [0.15, 0.2) is 12.3 Å². The molecule has 1 aromatic heterocycles. The van der Waals surface area contributed by atoms with E-state index in [1.807, 2.05) is 0 Å². The number of carbonyl (C=O) groups is 1. The third kappa shape index (κ3) is 3.94. The number of halogens is 1. The minimum Gasteiger partial charge on any atom is -0.504 e. The molecule has 0 aliphatic carbocycles. The van der Waals surface area contributed by atoms with Crippen molar-refractivity contribution in [3.8, 4) is 5.75 Å². The van der Waals surface area contributed by atoms with Crippen LogP contribution in [0.25, 0.3) is 0 Å². The lowest BCUT2D eigenvalue weighted by molar-refractivity contribution is 0.0634. The Bertz CT molecular complexity index is 402. The van der Waals surface area contributed by atoms with Crippen LogP contribution in [0.2, 0.25) is 5.02 Å². The maximum atomic E-state index is 11.3. The van der Waals surface area contributed by atoms with Gasteiger partial charge < -0.3 is 9.84 Å². The van der Waals surface area contributed by atoms with E-state index in [-0.39, 0.29) is 16.6 Å². The second kappa shape index (κ2) is 4.57. The van der Waals surface area contributed by atoms with E-state index in [4.69, 9.17) is 16.3 Å². The summed E-state index contributed by atoms with van der Waals surface area (Å²) in [6.07, 6.45) is 0.631. The van der Waals surface area contributed by atoms with Crippen LogP contribution in [-0.4, -0.2) is 21.8 Å². The number of aromatic nitrogens is 1. The Morgan fingerprint density at radius 1 is 1.56 bits per heavy atom. The number of anilines is 1. The van der Waals surface area contributed by atoms with Crippen LogP contribution >= 0.6 is 11.6 Å². The van der Waals surface area contributed by atoms with E-state index >= 15 is 0 Å². The summed E-state index contributed by atoms with van der Waals surface area (Å²) in [6, 6.07) is 1.28. The monoisotopic (exact) mass is 244 g/mol. The van der Waals surface area contributed by atoms with Crippen molar-refractivity contribution in [2.24, 2.45) is 0 Å². The predicted octanol–water partition coefficient (Wildman–Crippen LogP) is 2.79. The van der Waals surface area contributed by atoms with Crippen molar-refractivity contribution in [2.45, 2.75) is 26.4 Å². The minimum absolute atomic E-state index is 0.0126. The number of ether oxygens (including phenoxy) is 1. The molecule has 0 saturated carbocycles. The first-order valence-electron chi connectivity index (χ1n) is 4.62. The third-order valence-corrected chi connectivity index (χ3v) is 1.66. The first kappa shape index (κ1) is 12.6. The molecule has 2 N–H and O–H groups in total. The van der Waals surface area contributed by atoms with E-state index < -0.39 is 11.7 Å². The molecule has 0 atom stereocenters. The van der Waals surface area contributed by atoms with E-state index in [2.05, 4.69) is 10.3 Å². The van der Waals surface area contributed by atoms with Gasteiger partial charge in [-0.05, 0) is 20.8 Å². The van der Waals surface area contributed by atoms with Gasteiger partial charge in [-0.2, -0.15) is 0 Å². The first-order valence-corrected chi connectivity index (χ1v) is 5.00. The average Bonchev–Trinajstić information content (AvgIpc) is 2.06. The van der Waals surface area contributed by atoms with Crippen molar-refractivity contribution >= 4 is 23.5 Å². The van der Waals surface area contributed by atoms with Crippen LogP contribution in [0.4, 0.5) is 10.6 Å². The van der Waals surface area contributed by atoms with Crippen LogP contribution < -0.4 is 5.32 Å². The van der Waals surface area contributed by atoms with Crippen molar-refractivity contribution in [3.05, 3.63) is 17.3 Å². The zero-order valence-corrected chi connectivity index (χ0v) is 10.00. The Morgan fingerprint density at radius 2 is 2.19 bits per heavy atom. The van der Waals surface area contributed by atoms with Gasteiger partial charge in [0.1, 0.15) is 5.60 Å². The molecule has 0 bridgehead atoms. The molecule has 0 saturated heterocycles. The van der Waals surface area contributed by atoms with E-state index in [1.165, 1.54) is 12.3 Å². The molecule has 1 amide bonds. The lowest BCUT2D eigenvalue weighted by Gasteiger charge is -2.19. The molecule has 0 aromatic carbocycles. The number of carbonyl (C=O) groups excluding carboxylic acids is 1. The first-order chi connectivity index (χ1) is 7.28. The van der Waals surface area contributed by atoms with Crippen molar-refractivity contribution < 1.29 is 14.6 Å². The van der Waals surface area contributed by atoms with E-state index in [0.29, 0.717) is 0 Å². The average molecular weight is 245 g/mol. The van der Waals surface area contributed by atoms with Crippen molar-refractivity contribution in [2.75, 3.05) is 5.32 Å². The summed E-state index contributed by atoms with van der Waals surface area (Å²) < 4.78 is 4.99. The number of aromatic hydroxyl groups is 1. The normalized spacial score (nSPS) is 11.0. The molecule has 1 rings (SSSR count). The molecule has 0 radical (unpaired) electrons. The van der Waals surface area contributed by atoms with Gasteiger partial charge in [-0.25, -0.2) is 9.78 Å². The number of hydrogen-bond donors (Lipinski definition) is 2. The Morgan fingerprint density at radius 3 is 2.69 bits per heavy atom. The molecule has 0 aliphatic rings. The summed E-state index contributed by atoms with van der Waals surface area (Å²) in [4.78, 5) is 15.1. The van der Waals surface area contributed by atoms with E-state index in [9.17, 15) is 9.90 Å². The highest BCUT2D eigenvalue weighted by Crippen LogP contribution is 2.24. The smallest absolute Gasteiger partial charge is 0.413 e. The SMILES string of the molecule is CC(C)(C)OC(=O)Nc1ncc(Cl)cc1O. The summed E-state index contributed by atoms with van der Waals surface area (Å²) in [7, 11) is 0. The maximum absolute atomic E-state index is 11.3. The fourth-order valence-electron chi connectivity index (χ4n) is 0.925. The summed E-state index contributed by atoms with van der Waals surface area (Å²) in [5, 5.41) is 12.0. The minimum atomic E-state index is -0.683. The quantitative estimate of drug-likeness (QED) is 0.797. The molecule has 16 heavy (non-hydrogen) atoms. The predicted molar refractivity (Wildman–Crippen MR) is 60.8 cm³/mol. The van der Waals surface area contributed by atoms with Gasteiger partial charge in [-0.15, -0.1) is 0 Å². The molecule has 1 aromatic rings. The highest BCUT2D eigenvalue weighted by Gasteiger charge is 2.17. The zero-order chi connectivity index (χ0) is 12.3. The number of pyridine rings is 1. The molecule has 88 valence electrons. The van der Waals surface area contributed by atoms with Crippen LogP contribution in [0.1, 0.15) is 20.8 Å². The number of hydrogen-bond acceptors (Lipinski definition) is 4. The van der Waals surface area contributed by atoms with Crippen LogP contribution in [0.5, 0.6) is 5.75 Å². The van der Waals surface area contributed by atoms with Gasteiger partial charge in [-0.1, -0.05) is 11.6 Å². The molecule has 0 fully saturated rings. The number of nitrogens with zero attached hydrogens (tertiary/aromatic N) is 1. The van der Waals surface area contributed by atoms with Crippen molar-refractivity contribution in [1.82, 2.24) is 4.98 Å². The summed E-state index contributed by atoms with van der Waals surface area (Å²) in [6.45, 7) is 5.21. The molecule has 6 heteroatoms. The number of rotatable bonds is 1. The second-order valence-electron chi connectivity index (χ2n) is 4.15. The largest absolute Gasteiger partial charge is 0.504 e. The molecule has 0 unspecified atom stereocenters. The fourth-order valence-corrected chi connectivity index (χ4v) is 1.08. The highest BCUT2D eigenvalue weighted by atomic mass is 35.5. The lowest BCUT2D eigenvalue weighted by Crippen LogP contribution is -2.27. The van der Waals surface area contributed by atoms with Gasteiger partial charge >= 0.3 is 6.09 Å². The Kier molecular flexibility index (Phi) is 3.59. The number of nitrogens with one attached hydrogen (secondary N) is 1. The summed E-state index contributed by atoms with van der Waals surface area (Å²) in [5.74, 6) is -0.197. The maximum Gasteiger partial charge on any atom is 0.413 e. The molecule has 1 heterocycles. The van der Waals surface area contributed by atoms with E-state index in [0.717, 1.165) is 0 Å². The van der Waals surface area contributed by atoms with Crippen LogP contribution in [0, 0.1) is 0 Å². The standard InChI is InChI=1S/C10H13ClN2O3/c1-10(2,3)16-9(15)13-8-7(14)4-6(11)5-12-8/h4-5,14H,1-3H3,(H,12,13,15). The molecular weight excluding hydrogens is 232 g/mol. The molecule has 5 nitrogen and oxygen atoms in total. The topological polar surface area (TPSA) is 71.5 Å². The van der Waals surface area contributed by atoms with E-state index in [1.54, 1.807) is 20.8 Å². The van der Waals surface area contributed by atoms with Gasteiger partial charge in [0, 0.05) is 12.3 Å². The summed E-state index contributed by atoms with van der Waals surface area (Å²) >= 11 is 5.59. The van der Waals surface area contributed by atoms with Crippen molar-refractivity contribution in [1.29, 1.82) is 0 Å². The van der Waals surface area contributed by atoms with Gasteiger partial charge in [0.25, 0.3) is 0 Å². The Hall–Kier alpha value is -1.49. The summed E-state index contributed by atoms with van der Waals surface area (Å²) in [5.41, 5.74) is -0.605. The molecule has 0 spiro atoms. The van der Waals surface area contributed by atoms with Gasteiger partial charge in [0.15, 0.2) is 11.6 Å². The molecular formula is C10H13ClN2O3. The van der Waals surface area contributed by atoms with Gasteiger partial charge in [0.05, 0.1) is 5.02 Å². The fraction of sp³-hybridized carbons (Fsp3) is 0.400. The van der Waals surface area contributed by atoms with Crippen molar-refractivity contribution in [3.63, 3.8) is 0 Å².